The Bertz CT molecular complexity index is 264. The van der Waals surface area contributed by atoms with Crippen LogP contribution in [0.15, 0.2) is 18.5 Å². The molecule has 1 aromatic rings. The van der Waals surface area contributed by atoms with Gasteiger partial charge in [0.15, 0.2) is 0 Å². The zero-order valence-electron chi connectivity index (χ0n) is 6.87. The first-order valence-corrected chi connectivity index (χ1v) is 3.80. The van der Waals surface area contributed by atoms with Gasteiger partial charge in [-0.05, 0) is 13.0 Å². The summed E-state index contributed by atoms with van der Waals surface area (Å²) in [4.78, 5) is 4.03. The summed E-state index contributed by atoms with van der Waals surface area (Å²) in [5, 5.41) is 6.64. The second kappa shape index (κ2) is 3.76. The van der Waals surface area contributed by atoms with Crippen molar-refractivity contribution in [2.45, 2.75) is 13.0 Å². The van der Waals surface area contributed by atoms with Gasteiger partial charge in [-0.3, -0.25) is 4.98 Å². The van der Waals surface area contributed by atoms with Gasteiger partial charge in [0.1, 0.15) is 0 Å². The summed E-state index contributed by atoms with van der Waals surface area (Å²) < 4.78 is 0. The molecule has 2 heterocycles. The third-order valence-corrected chi connectivity index (χ3v) is 1.82. The summed E-state index contributed by atoms with van der Waals surface area (Å²) >= 11 is 0. The van der Waals surface area contributed by atoms with Crippen molar-refractivity contribution in [1.29, 1.82) is 0 Å². The first-order chi connectivity index (χ1) is 5.36. The van der Waals surface area contributed by atoms with Gasteiger partial charge in [-0.2, -0.15) is 0 Å². The maximum absolute atomic E-state index is 4.03. The van der Waals surface area contributed by atoms with Crippen molar-refractivity contribution in [3.05, 3.63) is 18.5 Å². The molecule has 1 aromatic heterocycles. The van der Waals surface area contributed by atoms with E-state index in [1.54, 1.807) is 6.20 Å². The van der Waals surface area contributed by atoms with Crippen LogP contribution in [-0.4, -0.2) is 17.6 Å². The molecule has 1 atom stereocenters. The minimum absolute atomic E-state index is 0. The highest BCUT2D eigenvalue weighted by atomic mass is 79.9. The van der Waals surface area contributed by atoms with E-state index in [4.69, 9.17) is 0 Å². The van der Waals surface area contributed by atoms with Gasteiger partial charge in [-0.15, -0.1) is 17.0 Å². The number of hydrogen-bond donors (Lipinski definition) is 2. The fourth-order valence-electron chi connectivity index (χ4n) is 1.24. The monoisotopic (exact) mass is 229 g/mol. The van der Waals surface area contributed by atoms with E-state index >= 15 is 0 Å². The maximum atomic E-state index is 4.03. The number of aromatic nitrogens is 1. The van der Waals surface area contributed by atoms with Crippen molar-refractivity contribution in [2.75, 3.05) is 17.2 Å². The normalized spacial score (nSPS) is 19.6. The molecule has 0 fully saturated rings. The van der Waals surface area contributed by atoms with Gasteiger partial charge >= 0.3 is 0 Å². The van der Waals surface area contributed by atoms with E-state index in [1.165, 1.54) is 0 Å². The molecule has 12 heavy (non-hydrogen) atoms. The lowest BCUT2D eigenvalue weighted by Crippen LogP contribution is -2.29. The molecule has 0 spiro atoms. The molecule has 0 aliphatic carbocycles. The van der Waals surface area contributed by atoms with Crippen molar-refractivity contribution in [1.82, 2.24) is 4.98 Å². The van der Waals surface area contributed by atoms with Crippen LogP contribution in [0.5, 0.6) is 0 Å². The minimum atomic E-state index is 0. The zero-order valence-corrected chi connectivity index (χ0v) is 8.59. The molecule has 0 saturated heterocycles. The van der Waals surface area contributed by atoms with E-state index in [2.05, 4.69) is 22.5 Å². The molecule has 0 saturated carbocycles. The number of fused-ring (bicyclic) bond motifs is 1. The first kappa shape index (κ1) is 9.32. The maximum Gasteiger partial charge on any atom is 0.0765 e. The molecule has 66 valence electrons. The third-order valence-electron chi connectivity index (χ3n) is 1.82. The summed E-state index contributed by atoms with van der Waals surface area (Å²) in [5.41, 5.74) is 2.25. The van der Waals surface area contributed by atoms with Gasteiger partial charge in [0, 0.05) is 18.8 Å². The second-order valence-electron chi connectivity index (χ2n) is 2.85. The average molecular weight is 230 g/mol. The van der Waals surface area contributed by atoms with Crippen LogP contribution >= 0.6 is 17.0 Å². The predicted octanol–water partition coefficient (Wildman–Crippen LogP) is 1.89. The molecule has 4 heteroatoms. The smallest absolute Gasteiger partial charge is 0.0765 e. The fourth-order valence-corrected chi connectivity index (χ4v) is 1.24. The third kappa shape index (κ3) is 1.69. The van der Waals surface area contributed by atoms with Crippen LogP contribution in [0.2, 0.25) is 0 Å². The Morgan fingerprint density at radius 3 is 3.17 bits per heavy atom. The predicted molar refractivity (Wildman–Crippen MR) is 56.1 cm³/mol. The topological polar surface area (TPSA) is 37.0 Å². The quantitative estimate of drug-likeness (QED) is 0.714. The molecule has 0 bridgehead atoms. The lowest BCUT2D eigenvalue weighted by atomic mass is 10.2. The molecule has 0 amide bonds. The van der Waals surface area contributed by atoms with Crippen molar-refractivity contribution < 1.29 is 0 Å². The number of nitrogens with zero attached hydrogens (tertiary/aromatic N) is 1. The van der Waals surface area contributed by atoms with Crippen LogP contribution in [-0.2, 0) is 0 Å². The summed E-state index contributed by atoms with van der Waals surface area (Å²) in [6.45, 7) is 3.12. The minimum Gasteiger partial charge on any atom is -0.381 e. The molecule has 2 rings (SSSR count). The molecule has 0 aromatic carbocycles. The highest BCUT2D eigenvalue weighted by Gasteiger charge is 2.11. The number of anilines is 2. The average Bonchev–Trinajstić information content (AvgIpc) is 2.04. The van der Waals surface area contributed by atoms with Crippen LogP contribution in [0.25, 0.3) is 0 Å². The van der Waals surface area contributed by atoms with Gasteiger partial charge in [0.05, 0.1) is 17.6 Å². The molecule has 1 unspecified atom stereocenters. The first-order valence-electron chi connectivity index (χ1n) is 3.80. The molecule has 2 N–H and O–H groups in total. The molecule has 3 nitrogen and oxygen atoms in total. The Balaban J connectivity index is 0.000000720. The molecule has 1 aliphatic heterocycles. The van der Waals surface area contributed by atoms with Crippen molar-refractivity contribution in [3.8, 4) is 0 Å². The van der Waals surface area contributed by atoms with E-state index in [1.807, 2.05) is 12.3 Å². The number of rotatable bonds is 0. The van der Waals surface area contributed by atoms with E-state index in [0.29, 0.717) is 6.04 Å². The van der Waals surface area contributed by atoms with E-state index < -0.39 is 0 Å². The van der Waals surface area contributed by atoms with Crippen LogP contribution in [0.4, 0.5) is 11.4 Å². The number of hydrogen-bond acceptors (Lipinski definition) is 3. The molecular formula is C8H12BrN3. The highest BCUT2D eigenvalue weighted by molar-refractivity contribution is 8.93. The van der Waals surface area contributed by atoms with E-state index in [9.17, 15) is 0 Å². The fraction of sp³-hybridized carbons (Fsp3) is 0.375. The van der Waals surface area contributed by atoms with E-state index in [-0.39, 0.29) is 17.0 Å². The Morgan fingerprint density at radius 1 is 1.50 bits per heavy atom. The summed E-state index contributed by atoms with van der Waals surface area (Å²) in [5.74, 6) is 0. The van der Waals surface area contributed by atoms with Gasteiger partial charge in [-0.25, -0.2) is 0 Å². The van der Waals surface area contributed by atoms with Crippen LogP contribution < -0.4 is 10.6 Å². The van der Waals surface area contributed by atoms with Gasteiger partial charge in [0.25, 0.3) is 0 Å². The zero-order chi connectivity index (χ0) is 7.68. The number of nitrogens with one attached hydrogen (secondary N) is 2. The lowest BCUT2D eigenvalue weighted by molar-refractivity contribution is 0.816. The van der Waals surface area contributed by atoms with Crippen LogP contribution in [0.3, 0.4) is 0 Å². The highest BCUT2D eigenvalue weighted by Crippen LogP contribution is 2.23. The Morgan fingerprint density at radius 2 is 2.33 bits per heavy atom. The largest absolute Gasteiger partial charge is 0.381 e. The Kier molecular flexibility index (Phi) is 2.92. The van der Waals surface area contributed by atoms with Gasteiger partial charge in [0.2, 0.25) is 0 Å². The number of pyridine rings is 1. The standard InChI is InChI=1S/C8H11N3.BrH/c1-6-4-10-7-2-3-9-5-8(7)11-6;/h2-3,5-6,10-11H,4H2,1H3;1H. The van der Waals surface area contributed by atoms with Crippen molar-refractivity contribution in [2.24, 2.45) is 0 Å². The van der Waals surface area contributed by atoms with Crippen molar-refractivity contribution in [3.63, 3.8) is 0 Å². The molecule has 1 aliphatic rings. The van der Waals surface area contributed by atoms with Gasteiger partial charge < -0.3 is 10.6 Å². The lowest BCUT2D eigenvalue weighted by Gasteiger charge is -2.24. The van der Waals surface area contributed by atoms with Crippen LogP contribution in [0, 0.1) is 0 Å². The summed E-state index contributed by atoms with van der Waals surface area (Å²) in [6.07, 6.45) is 3.64. The Hall–Kier alpha value is -0.770. The SMILES string of the molecule is Br.CC1CNc2ccncc2N1. The number of halogens is 1. The van der Waals surface area contributed by atoms with Crippen molar-refractivity contribution >= 4 is 28.4 Å². The van der Waals surface area contributed by atoms with E-state index in [0.717, 1.165) is 17.9 Å². The second-order valence-corrected chi connectivity index (χ2v) is 2.85. The Labute approximate surface area is 82.4 Å². The van der Waals surface area contributed by atoms with Crippen LogP contribution in [0.1, 0.15) is 6.92 Å². The summed E-state index contributed by atoms with van der Waals surface area (Å²) in [6, 6.07) is 2.47. The molecular weight excluding hydrogens is 218 g/mol. The van der Waals surface area contributed by atoms with Gasteiger partial charge in [-0.1, -0.05) is 0 Å². The summed E-state index contributed by atoms with van der Waals surface area (Å²) in [7, 11) is 0. The molecule has 0 radical (unpaired) electrons.